The number of carbonyl (C=O) groups is 2. The third kappa shape index (κ3) is 4.56. The molecular weight excluding hydrogens is 302 g/mol. The van der Waals surface area contributed by atoms with Crippen molar-refractivity contribution < 1.29 is 9.59 Å². The normalized spacial score (nSPS) is 10.1. The smallest absolute Gasteiger partial charge is 0.244 e. The molecule has 114 valence electrons. The molecule has 1 heterocycles. The maximum atomic E-state index is 12.1. The van der Waals surface area contributed by atoms with Gasteiger partial charge in [-0.25, -0.2) is 0 Å². The first-order valence-corrected chi connectivity index (χ1v) is 7.14. The van der Waals surface area contributed by atoms with Crippen LogP contribution >= 0.6 is 11.6 Å². The predicted molar refractivity (Wildman–Crippen MR) is 85.4 cm³/mol. The molecule has 2 amide bonds. The minimum absolute atomic E-state index is 0.0584. The Hall–Kier alpha value is -2.40. The Bertz CT molecular complexity index is 661. The predicted octanol–water partition coefficient (Wildman–Crippen LogP) is 2.72. The second-order valence-corrected chi connectivity index (χ2v) is 5.13. The summed E-state index contributed by atoms with van der Waals surface area (Å²) in [5.41, 5.74) is 1.25. The fourth-order valence-electron chi connectivity index (χ4n) is 1.89. The molecule has 6 heteroatoms. The average molecular weight is 318 g/mol. The van der Waals surface area contributed by atoms with E-state index in [0.29, 0.717) is 10.7 Å². The van der Waals surface area contributed by atoms with Crippen molar-refractivity contribution in [1.29, 1.82) is 0 Å². The van der Waals surface area contributed by atoms with Crippen LogP contribution in [0.2, 0.25) is 5.02 Å². The van der Waals surface area contributed by atoms with Crippen molar-refractivity contribution in [2.24, 2.45) is 0 Å². The molecule has 0 aliphatic heterocycles. The van der Waals surface area contributed by atoms with Crippen LogP contribution in [-0.2, 0) is 16.1 Å². The number of benzene rings is 1. The molecule has 0 aliphatic rings. The zero-order chi connectivity index (χ0) is 15.9. The highest BCUT2D eigenvalue weighted by molar-refractivity contribution is 6.33. The summed E-state index contributed by atoms with van der Waals surface area (Å²) in [6, 6.07) is 12.4. The first kappa shape index (κ1) is 16.0. The van der Waals surface area contributed by atoms with Gasteiger partial charge < -0.3 is 10.2 Å². The van der Waals surface area contributed by atoms with Crippen LogP contribution < -0.4 is 5.32 Å². The molecule has 0 atom stereocenters. The molecule has 0 saturated heterocycles. The average Bonchev–Trinajstić information content (AvgIpc) is 2.50. The van der Waals surface area contributed by atoms with Crippen LogP contribution in [-0.4, -0.2) is 28.2 Å². The van der Waals surface area contributed by atoms with Crippen LogP contribution in [0.3, 0.4) is 0 Å². The number of amides is 2. The largest absolute Gasteiger partial charge is 0.328 e. The van der Waals surface area contributed by atoms with Crippen LogP contribution in [0.1, 0.15) is 12.6 Å². The zero-order valence-corrected chi connectivity index (χ0v) is 12.9. The fraction of sp³-hybridized carbons (Fsp3) is 0.188. The van der Waals surface area contributed by atoms with E-state index in [-0.39, 0.29) is 24.9 Å². The van der Waals surface area contributed by atoms with Crippen LogP contribution in [0.4, 0.5) is 5.69 Å². The van der Waals surface area contributed by atoms with Crippen molar-refractivity contribution in [2.45, 2.75) is 13.5 Å². The van der Waals surface area contributed by atoms with Gasteiger partial charge in [-0.15, -0.1) is 0 Å². The molecule has 1 aromatic heterocycles. The molecule has 0 spiro atoms. The SMILES string of the molecule is CC(=O)N(CC(=O)Nc1ccccc1Cl)Cc1ccccn1. The van der Waals surface area contributed by atoms with Crippen LogP contribution in [0.5, 0.6) is 0 Å². The van der Waals surface area contributed by atoms with E-state index in [0.717, 1.165) is 5.69 Å². The quantitative estimate of drug-likeness (QED) is 0.922. The highest BCUT2D eigenvalue weighted by atomic mass is 35.5. The summed E-state index contributed by atoms with van der Waals surface area (Å²) < 4.78 is 0. The summed E-state index contributed by atoms with van der Waals surface area (Å²) in [7, 11) is 0. The highest BCUT2D eigenvalue weighted by Crippen LogP contribution is 2.20. The van der Waals surface area contributed by atoms with Gasteiger partial charge in [0, 0.05) is 13.1 Å². The maximum absolute atomic E-state index is 12.1. The summed E-state index contributed by atoms with van der Waals surface area (Å²) in [5, 5.41) is 3.15. The number of nitrogens with zero attached hydrogens (tertiary/aromatic N) is 2. The molecule has 1 aromatic carbocycles. The number of aromatic nitrogens is 1. The Morgan fingerprint density at radius 3 is 2.55 bits per heavy atom. The lowest BCUT2D eigenvalue weighted by atomic mass is 10.3. The van der Waals surface area contributed by atoms with E-state index in [9.17, 15) is 9.59 Å². The summed E-state index contributed by atoms with van der Waals surface area (Å²) in [4.78, 5) is 29.4. The second-order valence-electron chi connectivity index (χ2n) is 4.72. The van der Waals surface area contributed by atoms with E-state index < -0.39 is 0 Å². The van der Waals surface area contributed by atoms with Gasteiger partial charge >= 0.3 is 0 Å². The Kier molecular flexibility index (Phi) is 5.49. The number of para-hydroxylation sites is 1. The van der Waals surface area contributed by atoms with Gasteiger partial charge in [-0.3, -0.25) is 14.6 Å². The van der Waals surface area contributed by atoms with Gasteiger partial charge in [0.15, 0.2) is 0 Å². The number of nitrogens with one attached hydrogen (secondary N) is 1. The topological polar surface area (TPSA) is 62.3 Å². The standard InChI is InChI=1S/C16H16ClN3O2/c1-12(21)20(10-13-6-4-5-9-18-13)11-16(22)19-15-8-3-2-7-14(15)17/h2-9H,10-11H2,1H3,(H,19,22). The van der Waals surface area contributed by atoms with Gasteiger partial charge in [0.05, 0.1) is 22.9 Å². The fourth-order valence-corrected chi connectivity index (χ4v) is 2.07. The van der Waals surface area contributed by atoms with Crippen molar-refractivity contribution >= 4 is 29.1 Å². The first-order valence-electron chi connectivity index (χ1n) is 6.76. The molecule has 0 aliphatic carbocycles. The number of rotatable bonds is 5. The molecule has 2 aromatic rings. The van der Waals surface area contributed by atoms with Gasteiger partial charge in [0.2, 0.25) is 11.8 Å². The van der Waals surface area contributed by atoms with E-state index in [1.807, 2.05) is 12.1 Å². The number of anilines is 1. The van der Waals surface area contributed by atoms with E-state index in [1.165, 1.54) is 11.8 Å². The summed E-state index contributed by atoms with van der Waals surface area (Å²) >= 11 is 5.99. The van der Waals surface area contributed by atoms with E-state index >= 15 is 0 Å². The molecule has 0 fully saturated rings. The van der Waals surface area contributed by atoms with E-state index in [1.54, 1.807) is 36.5 Å². The molecule has 22 heavy (non-hydrogen) atoms. The van der Waals surface area contributed by atoms with Crippen molar-refractivity contribution in [2.75, 3.05) is 11.9 Å². The summed E-state index contributed by atoms with van der Waals surface area (Å²) in [6.45, 7) is 1.65. The van der Waals surface area contributed by atoms with Crippen LogP contribution in [0.25, 0.3) is 0 Å². The Morgan fingerprint density at radius 1 is 1.18 bits per heavy atom. The van der Waals surface area contributed by atoms with Crippen molar-refractivity contribution in [3.8, 4) is 0 Å². The Balaban J connectivity index is 2.00. The van der Waals surface area contributed by atoms with E-state index in [4.69, 9.17) is 11.6 Å². The van der Waals surface area contributed by atoms with Crippen LogP contribution in [0.15, 0.2) is 48.7 Å². The zero-order valence-electron chi connectivity index (χ0n) is 12.1. The summed E-state index contributed by atoms with van der Waals surface area (Å²) in [5.74, 6) is -0.501. The second kappa shape index (κ2) is 7.56. The first-order chi connectivity index (χ1) is 10.6. The minimum atomic E-state index is -0.306. The molecule has 0 bridgehead atoms. The Morgan fingerprint density at radius 2 is 1.91 bits per heavy atom. The minimum Gasteiger partial charge on any atom is -0.328 e. The molecule has 2 rings (SSSR count). The van der Waals surface area contributed by atoms with Gasteiger partial charge in [-0.1, -0.05) is 29.8 Å². The van der Waals surface area contributed by atoms with Gasteiger partial charge in [-0.05, 0) is 24.3 Å². The molecular formula is C16H16ClN3O2. The lowest BCUT2D eigenvalue weighted by Crippen LogP contribution is -2.36. The number of halogens is 1. The number of hydrogen-bond donors (Lipinski definition) is 1. The van der Waals surface area contributed by atoms with Crippen molar-refractivity contribution in [3.63, 3.8) is 0 Å². The molecule has 0 saturated carbocycles. The number of pyridine rings is 1. The summed E-state index contributed by atoms with van der Waals surface area (Å²) in [6.07, 6.45) is 1.65. The van der Waals surface area contributed by atoms with E-state index in [2.05, 4.69) is 10.3 Å². The lowest BCUT2D eigenvalue weighted by Gasteiger charge is -2.20. The number of hydrogen-bond acceptors (Lipinski definition) is 3. The van der Waals surface area contributed by atoms with Gasteiger partial charge in [-0.2, -0.15) is 0 Å². The molecule has 1 N–H and O–H groups in total. The monoisotopic (exact) mass is 317 g/mol. The highest BCUT2D eigenvalue weighted by Gasteiger charge is 2.15. The molecule has 0 unspecified atom stereocenters. The lowest BCUT2D eigenvalue weighted by molar-refractivity contribution is -0.133. The van der Waals surface area contributed by atoms with Gasteiger partial charge in [0.1, 0.15) is 6.54 Å². The molecule has 0 radical (unpaired) electrons. The third-order valence-electron chi connectivity index (χ3n) is 3.01. The third-order valence-corrected chi connectivity index (χ3v) is 3.34. The van der Waals surface area contributed by atoms with Crippen molar-refractivity contribution in [1.82, 2.24) is 9.88 Å². The van der Waals surface area contributed by atoms with Crippen molar-refractivity contribution in [3.05, 3.63) is 59.4 Å². The van der Waals surface area contributed by atoms with Crippen LogP contribution in [0, 0.1) is 0 Å². The number of carbonyl (C=O) groups excluding carboxylic acids is 2. The molecule has 5 nitrogen and oxygen atoms in total. The van der Waals surface area contributed by atoms with Gasteiger partial charge in [0.25, 0.3) is 0 Å². The Labute approximate surface area is 133 Å². The maximum Gasteiger partial charge on any atom is 0.244 e.